The number of carbonyl (C=O) groups is 2. The standard InChI is InChI=1S/C18H20FN3O4/c1-3-18(19)8-11(22-17(18)24)9-26-16-12-7-14(25-2)13(15(20)23)6-10(12)4-5-21-16/h4-7,11H,3,8-9H2,1-2H3,(H2,20,23)(H,22,24)/t11-,18-/m0/s1. The maximum Gasteiger partial charge on any atom is 0.258 e. The SMILES string of the molecule is CC[C@]1(F)C[C@@H](COc2nccc3cc(C(N)=O)c(OC)cc23)NC1=O. The molecule has 2 amide bonds. The van der Waals surface area contributed by atoms with Gasteiger partial charge in [-0.15, -0.1) is 0 Å². The average molecular weight is 361 g/mol. The Labute approximate surface area is 149 Å². The van der Waals surface area contributed by atoms with Crippen LogP contribution in [0.4, 0.5) is 4.39 Å². The molecule has 1 aromatic heterocycles. The van der Waals surface area contributed by atoms with E-state index in [0.717, 1.165) is 0 Å². The summed E-state index contributed by atoms with van der Waals surface area (Å²) in [5.74, 6) is -0.590. The van der Waals surface area contributed by atoms with Gasteiger partial charge in [0.25, 0.3) is 11.8 Å². The minimum atomic E-state index is -1.85. The van der Waals surface area contributed by atoms with Crippen LogP contribution in [-0.4, -0.2) is 42.2 Å². The smallest absolute Gasteiger partial charge is 0.258 e. The van der Waals surface area contributed by atoms with Crippen molar-refractivity contribution < 1.29 is 23.5 Å². The van der Waals surface area contributed by atoms with Crippen molar-refractivity contribution in [1.82, 2.24) is 10.3 Å². The van der Waals surface area contributed by atoms with E-state index in [1.54, 1.807) is 25.1 Å². The predicted molar refractivity (Wildman–Crippen MR) is 93.0 cm³/mol. The Bertz CT molecular complexity index is 873. The number of methoxy groups -OCH3 is 1. The lowest BCUT2D eigenvalue weighted by atomic mass is 9.99. The number of nitrogens with zero attached hydrogens (tertiary/aromatic N) is 1. The fraction of sp³-hybridized carbons (Fsp3) is 0.389. The highest BCUT2D eigenvalue weighted by molar-refractivity contribution is 6.01. The number of pyridine rings is 1. The van der Waals surface area contributed by atoms with Crippen molar-refractivity contribution in [3.05, 3.63) is 30.0 Å². The number of hydrogen-bond donors (Lipinski definition) is 2. The van der Waals surface area contributed by atoms with Gasteiger partial charge in [0.05, 0.1) is 18.7 Å². The molecule has 8 heteroatoms. The van der Waals surface area contributed by atoms with Crippen LogP contribution >= 0.6 is 0 Å². The fourth-order valence-corrected chi connectivity index (χ4v) is 3.08. The molecule has 0 spiro atoms. The zero-order valence-electron chi connectivity index (χ0n) is 14.5. The van der Waals surface area contributed by atoms with Gasteiger partial charge in [0.2, 0.25) is 5.88 Å². The monoisotopic (exact) mass is 361 g/mol. The van der Waals surface area contributed by atoms with Gasteiger partial charge < -0.3 is 20.5 Å². The number of hydrogen-bond acceptors (Lipinski definition) is 5. The predicted octanol–water partition coefficient (Wildman–Crippen LogP) is 1.73. The zero-order chi connectivity index (χ0) is 18.9. The molecule has 26 heavy (non-hydrogen) atoms. The van der Waals surface area contributed by atoms with Crippen LogP contribution in [0.15, 0.2) is 24.4 Å². The second-order valence-corrected chi connectivity index (χ2v) is 6.26. The van der Waals surface area contributed by atoms with Crippen LogP contribution in [0.2, 0.25) is 0 Å². The Balaban J connectivity index is 1.85. The van der Waals surface area contributed by atoms with E-state index in [0.29, 0.717) is 22.4 Å². The molecule has 1 aliphatic rings. The molecule has 1 fully saturated rings. The summed E-state index contributed by atoms with van der Waals surface area (Å²) in [5.41, 5.74) is 3.78. The first-order valence-electron chi connectivity index (χ1n) is 8.27. The van der Waals surface area contributed by atoms with Crippen LogP contribution < -0.4 is 20.5 Å². The minimum absolute atomic E-state index is 0.0578. The molecule has 2 atom stereocenters. The molecular weight excluding hydrogens is 341 g/mol. The number of halogens is 1. The molecule has 1 aromatic carbocycles. The lowest BCUT2D eigenvalue weighted by molar-refractivity contribution is -0.129. The number of carbonyl (C=O) groups excluding carboxylic acids is 2. The summed E-state index contributed by atoms with van der Waals surface area (Å²) in [7, 11) is 1.43. The third-order valence-electron chi connectivity index (χ3n) is 4.61. The maximum absolute atomic E-state index is 14.3. The molecule has 7 nitrogen and oxygen atoms in total. The highest BCUT2D eigenvalue weighted by Gasteiger charge is 2.46. The molecular formula is C18H20FN3O4. The molecule has 0 bridgehead atoms. The first kappa shape index (κ1) is 17.9. The van der Waals surface area contributed by atoms with Gasteiger partial charge in [-0.05, 0) is 30.0 Å². The number of fused-ring (bicyclic) bond motifs is 1. The highest BCUT2D eigenvalue weighted by Crippen LogP contribution is 2.32. The van der Waals surface area contributed by atoms with Gasteiger partial charge in [-0.25, -0.2) is 9.37 Å². The van der Waals surface area contributed by atoms with Crippen molar-refractivity contribution in [1.29, 1.82) is 0 Å². The topological polar surface area (TPSA) is 104 Å². The summed E-state index contributed by atoms with van der Waals surface area (Å²) in [6.07, 6.45) is 1.71. The van der Waals surface area contributed by atoms with Gasteiger partial charge >= 0.3 is 0 Å². The van der Waals surface area contributed by atoms with Crippen molar-refractivity contribution in [2.75, 3.05) is 13.7 Å². The largest absolute Gasteiger partial charge is 0.496 e. The van der Waals surface area contributed by atoms with Gasteiger partial charge in [0.1, 0.15) is 12.4 Å². The molecule has 0 saturated carbocycles. The third-order valence-corrected chi connectivity index (χ3v) is 4.61. The number of primary amides is 1. The van der Waals surface area contributed by atoms with E-state index in [4.69, 9.17) is 15.2 Å². The van der Waals surface area contributed by atoms with Crippen LogP contribution in [0.5, 0.6) is 11.6 Å². The average Bonchev–Trinajstić information content (AvgIpc) is 2.93. The number of nitrogens with two attached hydrogens (primary N) is 1. The maximum atomic E-state index is 14.3. The molecule has 1 aliphatic heterocycles. The second-order valence-electron chi connectivity index (χ2n) is 6.26. The van der Waals surface area contributed by atoms with Gasteiger partial charge in [-0.1, -0.05) is 6.92 Å². The van der Waals surface area contributed by atoms with Gasteiger partial charge in [-0.3, -0.25) is 9.59 Å². The van der Waals surface area contributed by atoms with E-state index < -0.39 is 23.5 Å². The van der Waals surface area contributed by atoms with Crippen LogP contribution in [0.1, 0.15) is 30.1 Å². The summed E-state index contributed by atoms with van der Waals surface area (Å²) in [5, 5.41) is 3.94. The van der Waals surface area contributed by atoms with Crippen molar-refractivity contribution in [2.45, 2.75) is 31.5 Å². The number of aromatic nitrogens is 1. The van der Waals surface area contributed by atoms with Crippen molar-refractivity contribution in [3.63, 3.8) is 0 Å². The number of ether oxygens (including phenoxy) is 2. The van der Waals surface area contributed by atoms with Crippen LogP contribution in [0.25, 0.3) is 10.8 Å². The summed E-state index contributed by atoms with van der Waals surface area (Å²) in [4.78, 5) is 27.5. The van der Waals surface area contributed by atoms with Crippen LogP contribution in [-0.2, 0) is 4.79 Å². The number of nitrogens with one attached hydrogen (secondary N) is 1. The van der Waals surface area contributed by atoms with Crippen molar-refractivity contribution >= 4 is 22.6 Å². The highest BCUT2D eigenvalue weighted by atomic mass is 19.1. The molecule has 2 heterocycles. The fourth-order valence-electron chi connectivity index (χ4n) is 3.08. The van der Waals surface area contributed by atoms with Crippen LogP contribution in [0.3, 0.4) is 0 Å². The number of amides is 2. The van der Waals surface area contributed by atoms with Crippen LogP contribution in [0, 0.1) is 0 Å². The van der Waals surface area contributed by atoms with Gasteiger partial charge in [0, 0.05) is 18.0 Å². The van der Waals surface area contributed by atoms with E-state index in [2.05, 4.69) is 10.3 Å². The Morgan fingerprint density at radius 2 is 2.27 bits per heavy atom. The molecule has 3 rings (SSSR count). The Hall–Kier alpha value is -2.90. The first-order chi connectivity index (χ1) is 12.4. The second kappa shape index (κ2) is 6.78. The quantitative estimate of drug-likeness (QED) is 0.815. The number of benzene rings is 1. The summed E-state index contributed by atoms with van der Waals surface area (Å²) >= 11 is 0. The molecule has 0 unspecified atom stereocenters. The van der Waals surface area contributed by atoms with E-state index >= 15 is 0 Å². The number of alkyl halides is 1. The minimum Gasteiger partial charge on any atom is -0.496 e. The van der Waals surface area contributed by atoms with Gasteiger partial charge in [-0.2, -0.15) is 0 Å². The molecule has 0 radical (unpaired) electrons. The Kier molecular flexibility index (Phi) is 4.67. The van der Waals surface area contributed by atoms with Crippen molar-refractivity contribution in [3.8, 4) is 11.6 Å². The lowest BCUT2D eigenvalue weighted by Crippen LogP contribution is -2.34. The zero-order valence-corrected chi connectivity index (χ0v) is 14.5. The normalized spacial score (nSPS) is 22.3. The van der Waals surface area contributed by atoms with Gasteiger partial charge in [0.15, 0.2) is 5.67 Å². The molecule has 138 valence electrons. The summed E-state index contributed by atoms with van der Waals surface area (Å²) in [6.45, 7) is 1.72. The van der Waals surface area contributed by atoms with Crippen molar-refractivity contribution in [2.24, 2.45) is 5.73 Å². The molecule has 0 aliphatic carbocycles. The third kappa shape index (κ3) is 3.14. The Morgan fingerprint density at radius 3 is 2.88 bits per heavy atom. The summed E-state index contributed by atoms with van der Waals surface area (Å²) < 4.78 is 25.3. The first-order valence-corrected chi connectivity index (χ1v) is 8.27. The molecule has 2 aromatic rings. The van der Waals surface area contributed by atoms with E-state index in [1.807, 2.05) is 0 Å². The van der Waals surface area contributed by atoms with E-state index in [9.17, 15) is 14.0 Å². The van der Waals surface area contributed by atoms with E-state index in [-0.39, 0.29) is 25.0 Å². The van der Waals surface area contributed by atoms with E-state index in [1.165, 1.54) is 13.3 Å². The number of rotatable bonds is 6. The lowest BCUT2D eigenvalue weighted by Gasteiger charge is -2.15. The molecule has 1 saturated heterocycles. The Morgan fingerprint density at radius 1 is 1.50 bits per heavy atom. The summed E-state index contributed by atoms with van der Waals surface area (Å²) in [6, 6.07) is 4.51. The molecule has 3 N–H and O–H groups in total.